The molecule has 1 heterocycles. The highest BCUT2D eigenvalue weighted by atomic mass is 32.2. The van der Waals surface area contributed by atoms with Crippen molar-refractivity contribution in [1.29, 1.82) is 0 Å². The van der Waals surface area contributed by atoms with E-state index in [1.54, 1.807) is 22.9 Å². The zero-order chi connectivity index (χ0) is 17.0. The van der Waals surface area contributed by atoms with Gasteiger partial charge in [-0.3, -0.25) is 0 Å². The van der Waals surface area contributed by atoms with Crippen LogP contribution in [0.3, 0.4) is 0 Å². The summed E-state index contributed by atoms with van der Waals surface area (Å²) in [5.74, 6) is 1.28. The van der Waals surface area contributed by atoms with Crippen LogP contribution in [0.15, 0.2) is 29.2 Å². The smallest absolute Gasteiger partial charge is 0.245 e. The van der Waals surface area contributed by atoms with Crippen molar-refractivity contribution < 1.29 is 8.42 Å². The molecule has 0 aliphatic rings. The van der Waals surface area contributed by atoms with E-state index < -0.39 is 9.84 Å². The molecule has 0 aliphatic heterocycles. The van der Waals surface area contributed by atoms with Gasteiger partial charge in [0.1, 0.15) is 0 Å². The number of nitrogens with zero attached hydrogens (tertiary/aromatic N) is 5. The Morgan fingerprint density at radius 1 is 1.30 bits per heavy atom. The lowest BCUT2D eigenvalue weighted by Crippen LogP contribution is -2.24. The zero-order valence-electron chi connectivity index (χ0n) is 14.0. The normalized spacial score (nSPS) is 11.9. The monoisotopic (exact) mass is 337 g/mol. The number of aromatic nitrogens is 4. The highest BCUT2D eigenvalue weighted by molar-refractivity contribution is 7.90. The van der Waals surface area contributed by atoms with E-state index in [0.29, 0.717) is 23.3 Å². The van der Waals surface area contributed by atoms with Crippen molar-refractivity contribution in [2.75, 3.05) is 24.7 Å². The van der Waals surface area contributed by atoms with Crippen LogP contribution in [0.5, 0.6) is 0 Å². The van der Waals surface area contributed by atoms with E-state index >= 15 is 0 Å². The molecule has 0 atom stereocenters. The fourth-order valence-electron chi connectivity index (χ4n) is 2.17. The first-order chi connectivity index (χ1) is 10.8. The quantitative estimate of drug-likeness (QED) is 0.763. The molecule has 0 fully saturated rings. The number of benzene rings is 1. The number of rotatable bonds is 7. The summed E-state index contributed by atoms with van der Waals surface area (Å²) in [7, 11) is -1.26. The highest BCUT2D eigenvalue weighted by Gasteiger charge is 2.13. The lowest BCUT2D eigenvalue weighted by Gasteiger charge is -2.18. The predicted octanol–water partition coefficient (Wildman–Crippen LogP) is 1.61. The number of hydrogen-bond donors (Lipinski definition) is 0. The summed E-state index contributed by atoms with van der Waals surface area (Å²) < 4.78 is 25.0. The van der Waals surface area contributed by atoms with Crippen LogP contribution in [0.4, 0.5) is 5.95 Å². The molecule has 2 rings (SSSR count). The molecule has 0 saturated carbocycles. The van der Waals surface area contributed by atoms with Crippen molar-refractivity contribution >= 4 is 15.8 Å². The van der Waals surface area contributed by atoms with Crippen LogP contribution >= 0.6 is 0 Å². The molecule has 126 valence electrons. The van der Waals surface area contributed by atoms with Crippen molar-refractivity contribution in [3.8, 4) is 0 Å². The zero-order valence-corrected chi connectivity index (χ0v) is 14.8. The van der Waals surface area contributed by atoms with Crippen molar-refractivity contribution in [3.05, 3.63) is 29.8 Å². The Hall–Kier alpha value is -1.96. The summed E-state index contributed by atoms with van der Waals surface area (Å²) in [6.45, 7) is 5.64. The van der Waals surface area contributed by atoms with Gasteiger partial charge in [-0.1, -0.05) is 31.1 Å². The van der Waals surface area contributed by atoms with Crippen LogP contribution in [0, 0.1) is 5.92 Å². The molecule has 2 aromatic rings. The summed E-state index contributed by atoms with van der Waals surface area (Å²) >= 11 is 0. The summed E-state index contributed by atoms with van der Waals surface area (Å²) in [6.07, 6.45) is 2.25. The lowest BCUT2D eigenvalue weighted by atomic mass is 10.1. The van der Waals surface area contributed by atoms with Crippen LogP contribution < -0.4 is 4.90 Å². The van der Waals surface area contributed by atoms with Gasteiger partial charge < -0.3 is 4.90 Å². The molecule has 0 saturated heterocycles. The molecule has 1 aromatic heterocycles. The second-order valence-corrected chi connectivity index (χ2v) is 8.18. The lowest BCUT2D eigenvalue weighted by molar-refractivity contribution is 0.571. The first-order valence-electron chi connectivity index (χ1n) is 7.53. The van der Waals surface area contributed by atoms with Gasteiger partial charge in [0.25, 0.3) is 0 Å². The molecule has 1 aromatic carbocycles. The van der Waals surface area contributed by atoms with E-state index in [9.17, 15) is 8.42 Å². The van der Waals surface area contributed by atoms with Gasteiger partial charge in [-0.15, -0.1) is 0 Å². The Morgan fingerprint density at radius 2 is 2.04 bits per heavy atom. The van der Waals surface area contributed by atoms with E-state index in [1.807, 2.05) is 18.0 Å². The molecule has 0 bridgehead atoms. The van der Waals surface area contributed by atoms with Crippen LogP contribution in [0.2, 0.25) is 0 Å². The van der Waals surface area contributed by atoms with Crippen LogP contribution in [0.1, 0.15) is 25.8 Å². The third kappa shape index (κ3) is 4.75. The molecule has 0 amide bonds. The van der Waals surface area contributed by atoms with E-state index in [1.165, 1.54) is 6.26 Å². The Balaban J connectivity index is 2.17. The number of hydrogen-bond acceptors (Lipinski definition) is 6. The van der Waals surface area contributed by atoms with Crippen molar-refractivity contribution in [2.45, 2.75) is 31.7 Å². The van der Waals surface area contributed by atoms with Gasteiger partial charge in [-0.05, 0) is 40.5 Å². The summed E-state index contributed by atoms with van der Waals surface area (Å²) in [5, 5.41) is 11.8. The molecule has 7 nitrogen and oxygen atoms in total. The summed E-state index contributed by atoms with van der Waals surface area (Å²) in [5.41, 5.74) is 0.846. The molecular weight excluding hydrogens is 314 g/mol. The minimum atomic E-state index is -3.22. The first-order valence-corrected chi connectivity index (χ1v) is 9.43. The molecule has 0 unspecified atom stereocenters. The number of sulfone groups is 1. The van der Waals surface area contributed by atoms with Gasteiger partial charge in [0, 0.05) is 19.8 Å². The minimum absolute atomic E-state index is 0.304. The topological polar surface area (TPSA) is 81.0 Å². The first kappa shape index (κ1) is 17.4. The van der Waals surface area contributed by atoms with Crippen LogP contribution in [0.25, 0.3) is 0 Å². The van der Waals surface area contributed by atoms with Gasteiger partial charge in [0.2, 0.25) is 5.95 Å². The molecule has 0 radical (unpaired) electrons. The molecule has 23 heavy (non-hydrogen) atoms. The van der Waals surface area contributed by atoms with Gasteiger partial charge >= 0.3 is 0 Å². The third-order valence-electron chi connectivity index (χ3n) is 3.56. The average Bonchev–Trinajstić information content (AvgIpc) is 2.92. The predicted molar refractivity (Wildman–Crippen MR) is 89.2 cm³/mol. The second-order valence-electron chi connectivity index (χ2n) is 6.16. The van der Waals surface area contributed by atoms with Gasteiger partial charge in [0.15, 0.2) is 9.84 Å². The second kappa shape index (κ2) is 7.08. The highest BCUT2D eigenvalue weighted by Crippen LogP contribution is 2.15. The average molecular weight is 337 g/mol. The third-order valence-corrected chi connectivity index (χ3v) is 4.67. The Bertz CT molecular complexity index is 755. The largest absolute Gasteiger partial charge is 0.343 e. The maximum absolute atomic E-state index is 11.7. The van der Waals surface area contributed by atoms with Gasteiger partial charge in [-0.25, -0.2) is 13.1 Å². The fourth-order valence-corrected chi connectivity index (χ4v) is 2.87. The number of tetrazole rings is 1. The standard InChI is InChI=1S/C15H23N5O2S/c1-12(2)8-9-19(3)15-16-17-18-20(15)11-13-6-5-7-14(10-13)23(4,21)22/h5-7,10,12H,8-9,11H2,1-4H3. The molecule has 0 spiro atoms. The van der Waals surface area contributed by atoms with Gasteiger partial charge in [-0.2, -0.15) is 0 Å². The number of anilines is 1. The Labute approximate surface area is 137 Å². The Morgan fingerprint density at radius 3 is 2.70 bits per heavy atom. The maximum atomic E-state index is 11.7. The van der Waals surface area contributed by atoms with E-state index in [2.05, 4.69) is 29.4 Å². The fraction of sp³-hybridized carbons (Fsp3) is 0.533. The molecular formula is C15H23N5O2S. The maximum Gasteiger partial charge on any atom is 0.245 e. The van der Waals surface area contributed by atoms with Crippen LogP contribution in [-0.4, -0.2) is 48.5 Å². The Kier molecular flexibility index (Phi) is 5.35. The van der Waals surface area contributed by atoms with E-state index in [-0.39, 0.29) is 0 Å². The van der Waals surface area contributed by atoms with Gasteiger partial charge in [0.05, 0.1) is 11.4 Å². The van der Waals surface area contributed by atoms with E-state index in [0.717, 1.165) is 18.5 Å². The summed E-state index contributed by atoms with van der Waals surface area (Å²) in [4.78, 5) is 2.32. The SMILES string of the molecule is CC(C)CCN(C)c1nnnn1Cc1cccc(S(C)(=O)=O)c1. The summed E-state index contributed by atoms with van der Waals surface area (Å²) in [6, 6.07) is 6.86. The molecule has 8 heteroatoms. The van der Waals surface area contributed by atoms with Crippen molar-refractivity contribution in [1.82, 2.24) is 20.2 Å². The minimum Gasteiger partial charge on any atom is -0.343 e. The van der Waals surface area contributed by atoms with Crippen molar-refractivity contribution in [3.63, 3.8) is 0 Å². The molecule has 0 N–H and O–H groups in total. The molecule has 0 aliphatic carbocycles. The van der Waals surface area contributed by atoms with Crippen molar-refractivity contribution in [2.24, 2.45) is 5.92 Å². The van der Waals surface area contributed by atoms with E-state index in [4.69, 9.17) is 0 Å². The van der Waals surface area contributed by atoms with Crippen LogP contribution in [-0.2, 0) is 16.4 Å².